The van der Waals surface area contributed by atoms with Crippen LogP contribution in [0.5, 0.6) is 5.75 Å². The third kappa shape index (κ3) is 4.65. The Balaban J connectivity index is 2.74. The summed E-state index contributed by atoms with van der Waals surface area (Å²) in [5, 5.41) is 14.1. The van der Waals surface area contributed by atoms with E-state index in [1.165, 1.54) is 0 Å². The van der Waals surface area contributed by atoms with Crippen LogP contribution < -0.4 is 10.1 Å². The largest absolute Gasteiger partial charge is 0.489 e. The van der Waals surface area contributed by atoms with Crippen molar-refractivity contribution in [1.29, 1.82) is 0 Å². The number of hydrogen-bond acceptors (Lipinski definition) is 3. The molecular weight excluding hydrogens is 274 g/mol. The zero-order chi connectivity index (χ0) is 15.2. The number of ether oxygens (including phenoxy) is 1. The third-order valence-corrected chi connectivity index (χ3v) is 4.07. The molecule has 0 fully saturated rings. The second kappa shape index (κ2) is 7.87. The minimum absolute atomic E-state index is 0.259. The monoisotopic (exact) mass is 299 g/mol. The van der Waals surface area contributed by atoms with Gasteiger partial charge in [0, 0.05) is 6.04 Å². The number of nitrogens with one attached hydrogen (secondary N) is 1. The molecule has 0 spiro atoms. The van der Waals surface area contributed by atoms with Crippen LogP contribution in [-0.4, -0.2) is 23.9 Å². The van der Waals surface area contributed by atoms with Crippen molar-refractivity contribution < 1.29 is 9.84 Å². The van der Waals surface area contributed by atoms with Gasteiger partial charge in [-0.1, -0.05) is 38.4 Å². The summed E-state index contributed by atoms with van der Waals surface area (Å²) in [6.45, 7) is 9.26. The second-order valence-corrected chi connectivity index (χ2v) is 5.60. The van der Waals surface area contributed by atoms with Crippen molar-refractivity contribution in [3.8, 4) is 5.75 Å². The first kappa shape index (κ1) is 17.3. The molecule has 0 aliphatic heterocycles. The van der Waals surface area contributed by atoms with E-state index in [0.717, 1.165) is 12.1 Å². The molecule has 0 saturated heterocycles. The normalized spacial score (nSPS) is 13.3. The molecule has 4 heteroatoms. The summed E-state index contributed by atoms with van der Waals surface area (Å²) in [6, 6.07) is 6.05. The first-order chi connectivity index (χ1) is 9.45. The van der Waals surface area contributed by atoms with Crippen molar-refractivity contribution in [2.75, 3.05) is 13.2 Å². The average molecular weight is 300 g/mol. The fourth-order valence-corrected chi connectivity index (χ4v) is 2.24. The maximum absolute atomic E-state index is 10.2. The van der Waals surface area contributed by atoms with E-state index in [2.05, 4.69) is 19.2 Å². The average Bonchev–Trinajstić information content (AvgIpc) is 2.45. The molecule has 114 valence electrons. The molecule has 20 heavy (non-hydrogen) atoms. The fourth-order valence-electron chi connectivity index (χ4n) is 1.99. The van der Waals surface area contributed by atoms with Crippen LogP contribution in [-0.2, 0) is 0 Å². The van der Waals surface area contributed by atoms with Crippen molar-refractivity contribution in [3.05, 3.63) is 28.8 Å². The maximum atomic E-state index is 10.2. The molecular formula is C16H26ClNO2. The summed E-state index contributed by atoms with van der Waals surface area (Å²) in [6.07, 6.45) is 1.33. The predicted molar refractivity (Wildman–Crippen MR) is 84.6 cm³/mol. The van der Waals surface area contributed by atoms with Crippen LogP contribution in [0.3, 0.4) is 0 Å². The molecule has 2 N–H and O–H groups in total. The SMILES string of the molecule is CCNC(C)c1ccc(OCC(O)(CC)CC)c(Cl)c1. The predicted octanol–water partition coefficient (Wildman–Crippen LogP) is 3.94. The Labute approximate surface area is 127 Å². The first-order valence-electron chi connectivity index (χ1n) is 7.33. The molecule has 1 aromatic rings. The summed E-state index contributed by atoms with van der Waals surface area (Å²) in [5.74, 6) is 0.624. The second-order valence-electron chi connectivity index (χ2n) is 5.19. The number of aliphatic hydroxyl groups is 1. The molecule has 0 saturated carbocycles. The van der Waals surface area contributed by atoms with Crippen LogP contribution in [0.25, 0.3) is 0 Å². The van der Waals surface area contributed by atoms with Crippen molar-refractivity contribution in [3.63, 3.8) is 0 Å². The topological polar surface area (TPSA) is 41.5 Å². The lowest BCUT2D eigenvalue weighted by atomic mass is 9.99. The third-order valence-electron chi connectivity index (χ3n) is 3.78. The summed E-state index contributed by atoms with van der Waals surface area (Å²) in [4.78, 5) is 0. The highest BCUT2D eigenvalue weighted by atomic mass is 35.5. The summed E-state index contributed by atoms with van der Waals surface area (Å²) >= 11 is 6.25. The van der Waals surface area contributed by atoms with Crippen molar-refractivity contribution in [2.24, 2.45) is 0 Å². The van der Waals surface area contributed by atoms with E-state index < -0.39 is 5.60 Å². The maximum Gasteiger partial charge on any atom is 0.138 e. The van der Waals surface area contributed by atoms with E-state index in [1.54, 1.807) is 0 Å². The van der Waals surface area contributed by atoms with Gasteiger partial charge >= 0.3 is 0 Å². The lowest BCUT2D eigenvalue weighted by molar-refractivity contribution is -0.0113. The number of halogens is 1. The summed E-state index contributed by atoms with van der Waals surface area (Å²) in [5.41, 5.74) is 0.351. The van der Waals surface area contributed by atoms with Gasteiger partial charge in [-0.3, -0.25) is 0 Å². The molecule has 1 unspecified atom stereocenters. The van der Waals surface area contributed by atoms with Crippen LogP contribution in [0.2, 0.25) is 5.02 Å². The van der Waals surface area contributed by atoms with Gasteiger partial charge in [-0.15, -0.1) is 0 Å². The molecule has 0 amide bonds. The van der Waals surface area contributed by atoms with Gasteiger partial charge in [-0.05, 0) is 44.0 Å². The molecule has 1 atom stereocenters. The minimum Gasteiger partial charge on any atom is -0.489 e. The molecule has 0 heterocycles. The van der Waals surface area contributed by atoms with Gasteiger partial charge < -0.3 is 15.2 Å². The lowest BCUT2D eigenvalue weighted by Crippen LogP contribution is -2.34. The van der Waals surface area contributed by atoms with E-state index in [-0.39, 0.29) is 12.6 Å². The van der Waals surface area contributed by atoms with Gasteiger partial charge in [0.2, 0.25) is 0 Å². The van der Waals surface area contributed by atoms with Gasteiger partial charge in [0.25, 0.3) is 0 Å². The van der Waals surface area contributed by atoms with Crippen LogP contribution in [0.15, 0.2) is 18.2 Å². The Hall–Kier alpha value is -0.770. The van der Waals surface area contributed by atoms with Gasteiger partial charge in [0.05, 0.1) is 10.6 Å². The van der Waals surface area contributed by atoms with Gasteiger partial charge in [-0.2, -0.15) is 0 Å². The standard InChI is InChI=1S/C16H26ClNO2/c1-5-16(19,6-2)11-20-15-9-8-13(10-14(15)17)12(4)18-7-3/h8-10,12,18-19H,5-7,11H2,1-4H3. The molecule has 3 nitrogen and oxygen atoms in total. The van der Waals surface area contributed by atoms with Gasteiger partial charge in [0.15, 0.2) is 0 Å². The van der Waals surface area contributed by atoms with Crippen molar-refractivity contribution >= 4 is 11.6 Å². The number of rotatable bonds is 8. The minimum atomic E-state index is -0.779. The van der Waals surface area contributed by atoms with E-state index in [4.69, 9.17) is 16.3 Å². The van der Waals surface area contributed by atoms with E-state index >= 15 is 0 Å². The molecule has 0 aliphatic rings. The zero-order valence-corrected chi connectivity index (χ0v) is 13.6. The van der Waals surface area contributed by atoms with Crippen LogP contribution in [0.4, 0.5) is 0 Å². The molecule has 0 radical (unpaired) electrons. The Kier molecular flexibility index (Phi) is 6.80. The highest BCUT2D eigenvalue weighted by Gasteiger charge is 2.23. The van der Waals surface area contributed by atoms with Crippen LogP contribution >= 0.6 is 11.6 Å². The van der Waals surface area contributed by atoms with Gasteiger partial charge in [-0.25, -0.2) is 0 Å². The molecule has 1 rings (SSSR count). The number of hydrogen-bond donors (Lipinski definition) is 2. The van der Waals surface area contributed by atoms with E-state index in [9.17, 15) is 5.11 Å². The van der Waals surface area contributed by atoms with Crippen molar-refractivity contribution in [1.82, 2.24) is 5.32 Å². The molecule has 0 aromatic heterocycles. The van der Waals surface area contributed by atoms with Crippen molar-refractivity contribution in [2.45, 2.75) is 52.2 Å². The smallest absolute Gasteiger partial charge is 0.138 e. The Bertz CT molecular complexity index is 419. The zero-order valence-electron chi connectivity index (χ0n) is 12.9. The summed E-state index contributed by atoms with van der Waals surface area (Å²) in [7, 11) is 0. The van der Waals surface area contributed by atoms with Crippen LogP contribution in [0, 0.1) is 0 Å². The Morgan fingerprint density at radius 3 is 2.45 bits per heavy atom. The Morgan fingerprint density at radius 1 is 1.30 bits per heavy atom. The van der Waals surface area contributed by atoms with E-state index in [0.29, 0.717) is 23.6 Å². The fraction of sp³-hybridized carbons (Fsp3) is 0.625. The highest BCUT2D eigenvalue weighted by Crippen LogP contribution is 2.29. The summed E-state index contributed by atoms with van der Waals surface area (Å²) < 4.78 is 5.68. The Morgan fingerprint density at radius 2 is 1.95 bits per heavy atom. The number of benzene rings is 1. The molecule has 0 bridgehead atoms. The van der Waals surface area contributed by atoms with Crippen LogP contribution in [0.1, 0.15) is 52.1 Å². The first-order valence-corrected chi connectivity index (χ1v) is 7.71. The van der Waals surface area contributed by atoms with E-state index in [1.807, 2.05) is 32.0 Å². The highest BCUT2D eigenvalue weighted by molar-refractivity contribution is 6.32. The van der Waals surface area contributed by atoms with Gasteiger partial charge in [0.1, 0.15) is 12.4 Å². The molecule has 0 aliphatic carbocycles. The quantitative estimate of drug-likeness (QED) is 0.764. The lowest BCUT2D eigenvalue weighted by Gasteiger charge is -2.25. The molecule has 1 aromatic carbocycles.